The van der Waals surface area contributed by atoms with Crippen LogP contribution < -0.4 is 9.47 Å². The molecule has 40 heavy (non-hydrogen) atoms. The largest absolute Gasteiger partial charge is 0.505 e. The van der Waals surface area contributed by atoms with E-state index >= 15 is 0 Å². The summed E-state index contributed by atoms with van der Waals surface area (Å²) < 4.78 is 19.1. The number of aromatic nitrogens is 2. The molecule has 0 saturated carbocycles. The molecule has 1 N–H and O–H groups in total. The van der Waals surface area contributed by atoms with Crippen LogP contribution in [0.15, 0.2) is 71.0 Å². The Morgan fingerprint density at radius 2 is 1.90 bits per heavy atom. The normalized spacial score (nSPS) is 16.7. The Morgan fingerprint density at radius 1 is 1.05 bits per heavy atom. The van der Waals surface area contributed by atoms with Gasteiger partial charge in [-0.25, -0.2) is 4.98 Å². The van der Waals surface area contributed by atoms with Gasteiger partial charge in [0, 0.05) is 6.20 Å². The first kappa shape index (κ1) is 27.1. The summed E-state index contributed by atoms with van der Waals surface area (Å²) >= 11 is 0. The number of aliphatic hydroxyl groups is 1. The summed E-state index contributed by atoms with van der Waals surface area (Å²) in [5.41, 5.74) is 2.08. The second-order valence-electron chi connectivity index (χ2n) is 9.68. The summed E-state index contributed by atoms with van der Waals surface area (Å²) in [6.07, 6.45) is 6.34. The molecule has 0 bridgehead atoms. The minimum atomic E-state index is -0.896. The number of amides is 1. The summed E-state index contributed by atoms with van der Waals surface area (Å²) in [5, 5.41) is 11.7. The molecule has 1 atom stereocenters. The standard InChI is InChI=1S/C31H33N3O6/c1-4-6-9-16-40-23-14-13-21(18-24(23)38-5-2)28-26(30(36)31(37)34(28)19-22-11-10-17-39-22)29(35)27-20(3)32-25-12-7-8-15-33(25)27/h7-8,10-15,17-18,28,35H,4-6,9,16,19H2,1-3H3. The number of furan rings is 1. The summed E-state index contributed by atoms with van der Waals surface area (Å²) in [7, 11) is 0. The first-order valence-corrected chi connectivity index (χ1v) is 13.6. The smallest absolute Gasteiger partial charge is 0.296 e. The van der Waals surface area contributed by atoms with Gasteiger partial charge in [0.05, 0.1) is 43.3 Å². The lowest BCUT2D eigenvalue weighted by molar-refractivity contribution is -0.140. The van der Waals surface area contributed by atoms with E-state index in [1.807, 2.05) is 25.1 Å². The number of hydrogen-bond donors (Lipinski definition) is 1. The van der Waals surface area contributed by atoms with E-state index in [0.29, 0.717) is 53.1 Å². The molecule has 1 aliphatic heterocycles. The van der Waals surface area contributed by atoms with Gasteiger partial charge in [-0.15, -0.1) is 0 Å². The van der Waals surface area contributed by atoms with Gasteiger partial charge >= 0.3 is 0 Å². The van der Waals surface area contributed by atoms with Crippen LogP contribution in [0.4, 0.5) is 0 Å². The number of likely N-dealkylation sites (tertiary alicyclic amines) is 1. The molecule has 0 spiro atoms. The number of ketones is 1. The number of Topliss-reactive ketones (excluding diaryl/α,β-unsaturated/α-hetero) is 1. The van der Waals surface area contributed by atoms with Crippen molar-refractivity contribution < 1.29 is 28.6 Å². The van der Waals surface area contributed by atoms with Gasteiger partial charge in [-0.1, -0.05) is 31.9 Å². The lowest BCUT2D eigenvalue weighted by Crippen LogP contribution is -2.29. The molecule has 1 saturated heterocycles. The number of carbonyl (C=O) groups excluding carboxylic acids is 2. The molecule has 4 aromatic rings. The molecule has 1 unspecified atom stereocenters. The molecule has 9 nitrogen and oxygen atoms in total. The van der Waals surface area contributed by atoms with Crippen molar-refractivity contribution in [2.24, 2.45) is 0 Å². The van der Waals surface area contributed by atoms with Crippen molar-refractivity contribution in [3.05, 3.63) is 89.3 Å². The predicted octanol–water partition coefficient (Wildman–Crippen LogP) is 5.83. The van der Waals surface area contributed by atoms with Crippen molar-refractivity contribution >= 4 is 23.1 Å². The summed E-state index contributed by atoms with van der Waals surface area (Å²) in [6, 6.07) is 13.4. The van der Waals surface area contributed by atoms with E-state index in [-0.39, 0.29) is 17.9 Å². The van der Waals surface area contributed by atoms with E-state index in [1.54, 1.807) is 47.9 Å². The molecular weight excluding hydrogens is 510 g/mol. The number of imidazole rings is 1. The van der Waals surface area contributed by atoms with E-state index in [4.69, 9.17) is 13.9 Å². The Balaban J connectivity index is 1.64. The molecule has 1 fully saturated rings. The fourth-order valence-electron chi connectivity index (χ4n) is 5.10. The van der Waals surface area contributed by atoms with Gasteiger partial charge in [0.1, 0.15) is 17.1 Å². The number of carbonyl (C=O) groups is 2. The zero-order valence-corrected chi connectivity index (χ0v) is 22.9. The van der Waals surface area contributed by atoms with Gasteiger partial charge in [-0.05, 0) is 62.2 Å². The molecule has 0 aliphatic carbocycles. The maximum Gasteiger partial charge on any atom is 0.296 e. The molecule has 208 valence electrons. The number of hydrogen-bond acceptors (Lipinski definition) is 7. The second-order valence-corrected chi connectivity index (χ2v) is 9.68. The van der Waals surface area contributed by atoms with Crippen LogP contribution >= 0.6 is 0 Å². The quantitative estimate of drug-likeness (QED) is 0.110. The lowest BCUT2D eigenvalue weighted by atomic mass is 9.95. The molecule has 1 aliphatic rings. The first-order chi connectivity index (χ1) is 19.4. The van der Waals surface area contributed by atoms with Crippen molar-refractivity contribution in [3.63, 3.8) is 0 Å². The third kappa shape index (κ3) is 5.06. The summed E-state index contributed by atoms with van der Waals surface area (Å²) in [4.78, 5) is 32.9. The molecule has 1 aromatic carbocycles. The summed E-state index contributed by atoms with van der Waals surface area (Å²) in [5.74, 6) is -0.198. The minimum Gasteiger partial charge on any atom is -0.505 e. The van der Waals surface area contributed by atoms with Gasteiger partial charge < -0.3 is 23.9 Å². The molecule has 5 rings (SSSR count). The van der Waals surface area contributed by atoms with Gasteiger partial charge in [-0.3, -0.25) is 14.0 Å². The minimum absolute atomic E-state index is 0.0237. The fourth-order valence-corrected chi connectivity index (χ4v) is 5.10. The van der Waals surface area contributed by atoms with Gasteiger partial charge in [0.25, 0.3) is 11.7 Å². The molecule has 0 radical (unpaired) electrons. The number of benzene rings is 1. The van der Waals surface area contributed by atoms with Crippen LogP contribution in [0.25, 0.3) is 11.4 Å². The Labute approximate surface area is 232 Å². The Kier molecular flexibility index (Phi) is 7.91. The number of rotatable bonds is 11. The highest BCUT2D eigenvalue weighted by Crippen LogP contribution is 2.43. The van der Waals surface area contributed by atoms with Gasteiger partial charge in [0.2, 0.25) is 0 Å². The van der Waals surface area contributed by atoms with Crippen molar-refractivity contribution in [2.75, 3.05) is 13.2 Å². The van der Waals surface area contributed by atoms with E-state index < -0.39 is 17.7 Å². The number of fused-ring (bicyclic) bond motifs is 1. The van der Waals surface area contributed by atoms with Crippen LogP contribution in [0.5, 0.6) is 11.5 Å². The van der Waals surface area contributed by atoms with Gasteiger partial charge in [-0.2, -0.15) is 0 Å². The zero-order chi connectivity index (χ0) is 28.2. The Bertz CT molecular complexity index is 1550. The predicted molar refractivity (Wildman–Crippen MR) is 149 cm³/mol. The average Bonchev–Trinajstić information content (AvgIpc) is 3.65. The van der Waals surface area contributed by atoms with Crippen LogP contribution in [0.3, 0.4) is 0 Å². The molecule has 1 amide bonds. The van der Waals surface area contributed by atoms with Crippen LogP contribution in [0.2, 0.25) is 0 Å². The highest BCUT2D eigenvalue weighted by molar-refractivity contribution is 6.46. The van der Waals surface area contributed by atoms with E-state index in [9.17, 15) is 14.7 Å². The maximum atomic E-state index is 13.6. The zero-order valence-electron chi connectivity index (χ0n) is 22.9. The second kappa shape index (κ2) is 11.7. The van der Waals surface area contributed by atoms with Crippen LogP contribution in [0, 0.1) is 6.92 Å². The number of aliphatic hydroxyl groups excluding tert-OH is 1. The van der Waals surface area contributed by atoms with Crippen molar-refractivity contribution in [1.82, 2.24) is 14.3 Å². The number of pyridine rings is 1. The number of nitrogens with zero attached hydrogens (tertiary/aromatic N) is 3. The molecular formula is C31H33N3O6. The fraction of sp³-hybridized carbons (Fsp3) is 0.323. The highest BCUT2D eigenvalue weighted by atomic mass is 16.5. The first-order valence-electron chi connectivity index (χ1n) is 13.6. The molecule has 3 aromatic heterocycles. The number of aryl methyl sites for hydroxylation is 1. The Hall–Kier alpha value is -4.53. The average molecular weight is 544 g/mol. The monoisotopic (exact) mass is 543 g/mol. The van der Waals surface area contributed by atoms with Gasteiger partial charge in [0.15, 0.2) is 17.3 Å². The molecule has 4 heterocycles. The van der Waals surface area contributed by atoms with E-state index in [2.05, 4.69) is 11.9 Å². The Morgan fingerprint density at radius 3 is 2.65 bits per heavy atom. The van der Waals surface area contributed by atoms with Crippen LogP contribution in [-0.2, 0) is 16.1 Å². The SMILES string of the molecule is CCCCCOc1ccc(C2C(=C(O)c3c(C)nc4ccccn34)C(=O)C(=O)N2Cc2ccco2)cc1OCC. The molecule has 9 heteroatoms. The lowest BCUT2D eigenvalue weighted by Gasteiger charge is -2.25. The summed E-state index contributed by atoms with van der Waals surface area (Å²) in [6.45, 7) is 6.77. The van der Waals surface area contributed by atoms with Crippen molar-refractivity contribution in [1.29, 1.82) is 0 Å². The highest BCUT2D eigenvalue weighted by Gasteiger charge is 2.47. The van der Waals surface area contributed by atoms with E-state index in [0.717, 1.165) is 19.3 Å². The van der Waals surface area contributed by atoms with E-state index in [1.165, 1.54) is 11.2 Å². The number of ether oxygens (including phenoxy) is 2. The van der Waals surface area contributed by atoms with Crippen molar-refractivity contribution in [2.45, 2.75) is 52.6 Å². The third-order valence-electron chi connectivity index (χ3n) is 6.96. The maximum absolute atomic E-state index is 13.6. The van der Waals surface area contributed by atoms with Crippen molar-refractivity contribution in [3.8, 4) is 11.5 Å². The van der Waals surface area contributed by atoms with Crippen LogP contribution in [-0.4, -0.2) is 44.3 Å². The van der Waals surface area contributed by atoms with Crippen LogP contribution in [0.1, 0.15) is 61.9 Å². The topological polar surface area (TPSA) is 107 Å². The third-order valence-corrected chi connectivity index (χ3v) is 6.96. The number of unbranched alkanes of at least 4 members (excludes halogenated alkanes) is 2.